The second-order valence-corrected chi connectivity index (χ2v) is 9.12. The molecule has 0 saturated carbocycles. The fourth-order valence-electron chi connectivity index (χ4n) is 4.64. The molecule has 1 aromatic heterocycles. The van der Waals surface area contributed by atoms with Crippen molar-refractivity contribution in [3.05, 3.63) is 113 Å². The minimum Gasteiger partial charge on any atom is -0.393 e. The fourth-order valence-corrected chi connectivity index (χ4v) is 4.77. The topological polar surface area (TPSA) is 70.3 Å². The van der Waals surface area contributed by atoms with Gasteiger partial charge in [0.15, 0.2) is 11.6 Å². The average molecular weight is 485 g/mol. The first-order valence-electron chi connectivity index (χ1n) is 11.9. The van der Waals surface area contributed by atoms with Crippen LogP contribution in [0.2, 0.25) is 5.02 Å². The molecule has 3 N–H and O–H groups in total. The average Bonchev–Trinajstić information content (AvgIpc) is 2.91. The van der Waals surface area contributed by atoms with E-state index in [0.717, 1.165) is 42.6 Å². The number of halogens is 1. The maximum absolute atomic E-state index is 6.52. The number of nitrogen functional groups attached to an aromatic ring is 1. The molecule has 6 nitrogen and oxygen atoms in total. The first kappa shape index (κ1) is 23.1. The number of nitrogens with zero attached hydrogens (tertiary/aromatic N) is 4. The van der Waals surface area contributed by atoms with Gasteiger partial charge in [-0.05, 0) is 28.8 Å². The van der Waals surface area contributed by atoms with Crippen molar-refractivity contribution in [3.8, 4) is 0 Å². The van der Waals surface area contributed by atoms with E-state index < -0.39 is 0 Å². The highest BCUT2D eigenvalue weighted by atomic mass is 35.5. The number of benzene rings is 3. The van der Waals surface area contributed by atoms with Crippen LogP contribution in [0.4, 0.5) is 17.3 Å². The minimum atomic E-state index is 0.221. The van der Waals surface area contributed by atoms with Crippen LogP contribution >= 0.6 is 11.6 Å². The molecular formula is C28H29ClN6. The predicted molar refractivity (Wildman–Crippen MR) is 144 cm³/mol. The van der Waals surface area contributed by atoms with E-state index in [1.54, 1.807) is 6.33 Å². The third-order valence-corrected chi connectivity index (χ3v) is 6.70. The highest BCUT2D eigenvalue weighted by Crippen LogP contribution is 2.32. The molecule has 35 heavy (non-hydrogen) atoms. The number of hydrogen-bond acceptors (Lipinski definition) is 6. The van der Waals surface area contributed by atoms with Crippen LogP contribution in [0.1, 0.15) is 22.7 Å². The summed E-state index contributed by atoms with van der Waals surface area (Å²) in [4.78, 5) is 13.7. The number of nitrogens with two attached hydrogens (primary N) is 1. The van der Waals surface area contributed by atoms with Crippen LogP contribution in [0.15, 0.2) is 91.3 Å². The number of nitrogens with one attached hydrogen (secondary N) is 1. The summed E-state index contributed by atoms with van der Waals surface area (Å²) in [6.45, 7) is 4.11. The SMILES string of the molecule is Nc1c(NCc2ccc(Cl)cc2)ncnc1N1CCN(C(c2ccccc2)c2ccccc2)CC1. The summed E-state index contributed by atoms with van der Waals surface area (Å²) >= 11 is 5.99. The van der Waals surface area contributed by atoms with Crippen molar-refractivity contribution in [2.24, 2.45) is 0 Å². The van der Waals surface area contributed by atoms with Crippen LogP contribution in [0.25, 0.3) is 0 Å². The van der Waals surface area contributed by atoms with Gasteiger partial charge in [0.2, 0.25) is 0 Å². The van der Waals surface area contributed by atoms with Gasteiger partial charge >= 0.3 is 0 Å². The van der Waals surface area contributed by atoms with Gasteiger partial charge in [-0.1, -0.05) is 84.4 Å². The maximum Gasteiger partial charge on any atom is 0.157 e. The molecule has 5 rings (SSSR count). The molecule has 4 aromatic rings. The van der Waals surface area contributed by atoms with Crippen LogP contribution in [-0.4, -0.2) is 41.0 Å². The lowest BCUT2D eigenvalue weighted by Crippen LogP contribution is -2.48. The van der Waals surface area contributed by atoms with Gasteiger partial charge < -0.3 is 16.0 Å². The highest BCUT2D eigenvalue weighted by molar-refractivity contribution is 6.30. The highest BCUT2D eigenvalue weighted by Gasteiger charge is 2.28. The molecule has 7 heteroatoms. The molecule has 1 aliphatic heterocycles. The molecule has 0 bridgehead atoms. The van der Waals surface area contributed by atoms with E-state index in [0.29, 0.717) is 18.1 Å². The van der Waals surface area contributed by atoms with Crippen molar-refractivity contribution in [3.63, 3.8) is 0 Å². The Morgan fingerprint density at radius 1 is 0.800 bits per heavy atom. The normalized spacial score (nSPS) is 14.3. The summed E-state index contributed by atoms with van der Waals surface area (Å²) in [6.07, 6.45) is 1.58. The van der Waals surface area contributed by atoms with Crippen molar-refractivity contribution in [2.45, 2.75) is 12.6 Å². The lowest BCUT2D eigenvalue weighted by Gasteiger charge is -2.40. The number of hydrogen-bond donors (Lipinski definition) is 2. The first-order chi connectivity index (χ1) is 17.2. The molecule has 0 amide bonds. The molecule has 1 aliphatic rings. The number of rotatable bonds is 7. The van der Waals surface area contributed by atoms with E-state index in [1.165, 1.54) is 11.1 Å². The van der Waals surface area contributed by atoms with Gasteiger partial charge in [-0.3, -0.25) is 4.90 Å². The molecule has 1 fully saturated rings. The molecular weight excluding hydrogens is 456 g/mol. The zero-order valence-corrected chi connectivity index (χ0v) is 20.3. The van der Waals surface area contributed by atoms with E-state index in [4.69, 9.17) is 17.3 Å². The molecule has 0 spiro atoms. The second-order valence-electron chi connectivity index (χ2n) is 8.69. The van der Waals surface area contributed by atoms with Crippen LogP contribution in [0, 0.1) is 0 Å². The minimum absolute atomic E-state index is 0.221. The Hall–Kier alpha value is -3.61. The lowest BCUT2D eigenvalue weighted by atomic mass is 9.96. The van der Waals surface area contributed by atoms with Crippen molar-refractivity contribution in [1.29, 1.82) is 0 Å². The Labute approximate surface area is 211 Å². The molecule has 0 aliphatic carbocycles. The van der Waals surface area contributed by atoms with Crippen molar-refractivity contribution in [2.75, 3.05) is 42.1 Å². The van der Waals surface area contributed by atoms with Crippen LogP contribution in [0.3, 0.4) is 0 Å². The zero-order valence-electron chi connectivity index (χ0n) is 19.5. The van der Waals surface area contributed by atoms with Gasteiger partial charge in [0.05, 0.1) is 6.04 Å². The Kier molecular flexibility index (Phi) is 7.12. The van der Waals surface area contributed by atoms with Crippen molar-refractivity contribution >= 4 is 28.9 Å². The fraction of sp³-hybridized carbons (Fsp3) is 0.214. The molecule has 0 unspecified atom stereocenters. The van der Waals surface area contributed by atoms with E-state index >= 15 is 0 Å². The predicted octanol–water partition coefficient (Wildman–Crippen LogP) is 5.24. The number of piperazine rings is 1. The van der Waals surface area contributed by atoms with Gasteiger partial charge in [0.1, 0.15) is 12.0 Å². The van der Waals surface area contributed by atoms with E-state index in [9.17, 15) is 0 Å². The Balaban J connectivity index is 1.29. The Bertz CT molecular complexity index is 1190. The summed E-state index contributed by atoms with van der Waals surface area (Å²) in [5.41, 5.74) is 10.8. The van der Waals surface area contributed by atoms with Gasteiger partial charge in [-0.25, -0.2) is 9.97 Å². The number of aromatic nitrogens is 2. The van der Waals surface area contributed by atoms with Crippen molar-refractivity contribution in [1.82, 2.24) is 14.9 Å². The molecule has 3 aromatic carbocycles. The Morgan fingerprint density at radius 3 is 2.00 bits per heavy atom. The van der Waals surface area contributed by atoms with E-state index in [1.807, 2.05) is 24.3 Å². The van der Waals surface area contributed by atoms with Crippen molar-refractivity contribution < 1.29 is 0 Å². The summed E-state index contributed by atoms with van der Waals surface area (Å²) in [5, 5.41) is 4.06. The standard InChI is InChI=1S/C28H29ClN6/c29-24-13-11-21(12-14-24)19-31-27-25(30)28(33-20-32-27)35-17-15-34(16-18-35)26(22-7-3-1-4-8-22)23-9-5-2-6-10-23/h1-14,20,26H,15-19,30H2,(H,31,32,33). The summed E-state index contributed by atoms with van der Waals surface area (Å²) in [5.74, 6) is 1.44. The number of anilines is 3. The summed E-state index contributed by atoms with van der Waals surface area (Å²) in [7, 11) is 0. The molecule has 178 valence electrons. The molecule has 1 saturated heterocycles. The molecule has 0 atom stereocenters. The van der Waals surface area contributed by atoms with Crippen LogP contribution in [-0.2, 0) is 6.54 Å². The molecule has 2 heterocycles. The second kappa shape index (κ2) is 10.8. The third kappa shape index (κ3) is 5.39. The monoisotopic (exact) mass is 484 g/mol. The molecule has 0 radical (unpaired) electrons. The first-order valence-corrected chi connectivity index (χ1v) is 12.2. The van der Waals surface area contributed by atoms with Gasteiger partial charge in [0.25, 0.3) is 0 Å². The smallest absolute Gasteiger partial charge is 0.157 e. The van der Waals surface area contributed by atoms with Crippen LogP contribution < -0.4 is 16.0 Å². The largest absolute Gasteiger partial charge is 0.393 e. The van der Waals surface area contributed by atoms with Gasteiger partial charge in [-0.15, -0.1) is 0 Å². The van der Waals surface area contributed by atoms with E-state index in [-0.39, 0.29) is 6.04 Å². The van der Waals surface area contributed by atoms with Gasteiger partial charge in [0, 0.05) is 37.7 Å². The van der Waals surface area contributed by atoms with Gasteiger partial charge in [-0.2, -0.15) is 0 Å². The van der Waals surface area contributed by atoms with E-state index in [2.05, 4.69) is 85.7 Å². The quantitative estimate of drug-likeness (QED) is 0.374. The summed E-state index contributed by atoms with van der Waals surface area (Å²) in [6, 6.07) is 29.4. The van der Waals surface area contributed by atoms with Crippen LogP contribution in [0.5, 0.6) is 0 Å². The third-order valence-electron chi connectivity index (χ3n) is 6.45. The zero-order chi connectivity index (χ0) is 24.0. The Morgan fingerprint density at radius 2 is 1.40 bits per heavy atom. The summed E-state index contributed by atoms with van der Waals surface area (Å²) < 4.78 is 0. The lowest BCUT2D eigenvalue weighted by molar-refractivity contribution is 0.212. The maximum atomic E-state index is 6.52.